The highest BCUT2D eigenvalue weighted by Crippen LogP contribution is 2.60. The number of aryl methyl sites for hydroxylation is 1. The first kappa shape index (κ1) is 16.2. The molecule has 4 aliphatic carbocycles. The highest BCUT2D eigenvalue weighted by atomic mass is 35.5. The first-order valence-corrected chi connectivity index (χ1v) is 9.67. The number of rotatable bonds is 3. The van der Waals surface area contributed by atoms with Gasteiger partial charge in [-0.2, -0.15) is 4.80 Å². The van der Waals surface area contributed by atoms with Crippen LogP contribution in [0, 0.1) is 18.8 Å². The molecule has 7 heteroatoms. The standard InChI is InChI=1S/C19H22ClN5O/c1-12-4-15(2-3-16(12)20)17(26)23-18-6-13-5-14(7-18)9-19(8-13,10-18)25-22-11-21-24-25/h2-4,11,13-14H,5-10H2,1H3,(H,23,26). The normalized spacial score (nSPS) is 34.8. The second-order valence-electron chi connectivity index (χ2n) is 8.61. The molecule has 6 rings (SSSR count). The van der Waals surface area contributed by atoms with E-state index in [2.05, 4.69) is 20.7 Å². The predicted octanol–water partition coefficient (Wildman–Crippen LogP) is 3.11. The summed E-state index contributed by atoms with van der Waals surface area (Å²) in [5, 5.41) is 16.6. The Hall–Kier alpha value is -1.95. The first-order chi connectivity index (χ1) is 12.5. The van der Waals surface area contributed by atoms with Crippen LogP contribution >= 0.6 is 11.6 Å². The van der Waals surface area contributed by atoms with Crippen LogP contribution in [0.15, 0.2) is 24.5 Å². The molecule has 1 N–H and O–H groups in total. The summed E-state index contributed by atoms with van der Waals surface area (Å²) in [6.45, 7) is 1.93. The van der Waals surface area contributed by atoms with Gasteiger partial charge in [0.25, 0.3) is 5.91 Å². The van der Waals surface area contributed by atoms with Crippen LogP contribution < -0.4 is 5.32 Å². The van der Waals surface area contributed by atoms with Gasteiger partial charge in [-0.05, 0) is 86.3 Å². The van der Waals surface area contributed by atoms with E-state index in [9.17, 15) is 4.79 Å². The fourth-order valence-electron chi connectivity index (χ4n) is 6.08. The molecular weight excluding hydrogens is 350 g/mol. The molecule has 26 heavy (non-hydrogen) atoms. The Morgan fingerprint density at radius 1 is 1.27 bits per heavy atom. The molecule has 1 aromatic heterocycles. The van der Waals surface area contributed by atoms with Crippen LogP contribution in [0.25, 0.3) is 0 Å². The molecule has 2 aromatic rings. The lowest BCUT2D eigenvalue weighted by Crippen LogP contribution is -2.66. The average Bonchev–Trinajstić information content (AvgIpc) is 3.11. The third kappa shape index (κ3) is 2.46. The Balaban J connectivity index is 1.45. The van der Waals surface area contributed by atoms with Crippen LogP contribution in [0.3, 0.4) is 0 Å². The lowest BCUT2D eigenvalue weighted by Gasteiger charge is -2.61. The van der Waals surface area contributed by atoms with E-state index >= 15 is 0 Å². The number of benzene rings is 1. The molecule has 4 saturated carbocycles. The predicted molar refractivity (Wildman–Crippen MR) is 96.9 cm³/mol. The first-order valence-electron chi connectivity index (χ1n) is 9.29. The second-order valence-corrected chi connectivity index (χ2v) is 9.02. The van der Waals surface area contributed by atoms with Crippen molar-refractivity contribution in [1.29, 1.82) is 0 Å². The molecule has 4 aliphatic rings. The average molecular weight is 372 g/mol. The van der Waals surface area contributed by atoms with E-state index < -0.39 is 0 Å². The maximum atomic E-state index is 13.0. The van der Waals surface area contributed by atoms with Crippen LogP contribution in [0.5, 0.6) is 0 Å². The summed E-state index contributed by atoms with van der Waals surface area (Å²) in [6.07, 6.45) is 7.96. The number of hydrogen-bond donors (Lipinski definition) is 1. The lowest BCUT2D eigenvalue weighted by molar-refractivity contribution is -0.0810. The zero-order valence-corrected chi connectivity index (χ0v) is 15.5. The van der Waals surface area contributed by atoms with Gasteiger partial charge >= 0.3 is 0 Å². The van der Waals surface area contributed by atoms with E-state index in [4.69, 9.17) is 11.6 Å². The number of tetrazole rings is 1. The third-order valence-electron chi connectivity index (χ3n) is 6.60. The molecule has 4 fully saturated rings. The molecule has 0 spiro atoms. The van der Waals surface area contributed by atoms with Gasteiger partial charge in [-0.15, -0.1) is 10.2 Å². The number of nitrogens with one attached hydrogen (secondary N) is 1. The van der Waals surface area contributed by atoms with Crippen LogP contribution in [-0.2, 0) is 5.54 Å². The zero-order chi connectivity index (χ0) is 17.9. The largest absolute Gasteiger partial charge is 0.346 e. The monoisotopic (exact) mass is 371 g/mol. The topological polar surface area (TPSA) is 72.7 Å². The van der Waals surface area contributed by atoms with Crippen molar-refractivity contribution in [2.24, 2.45) is 11.8 Å². The number of carbonyl (C=O) groups excluding carboxylic acids is 1. The summed E-state index contributed by atoms with van der Waals surface area (Å²) in [5.74, 6) is 1.23. The minimum Gasteiger partial charge on any atom is -0.346 e. The molecule has 1 amide bonds. The van der Waals surface area contributed by atoms with Gasteiger partial charge in [0.05, 0.1) is 5.54 Å². The molecule has 6 nitrogen and oxygen atoms in total. The highest BCUT2D eigenvalue weighted by molar-refractivity contribution is 6.31. The van der Waals surface area contributed by atoms with Crippen molar-refractivity contribution in [1.82, 2.24) is 25.5 Å². The van der Waals surface area contributed by atoms with E-state index in [0.29, 0.717) is 22.4 Å². The smallest absolute Gasteiger partial charge is 0.251 e. The van der Waals surface area contributed by atoms with Crippen LogP contribution in [0.2, 0.25) is 5.02 Å². The van der Waals surface area contributed by atoms with Crippen molar-refractivity contribution in [2.45, 2.75) is 56.5 Å². The van der Waals surface area contributed by atoms with Crippen LogP contribution in [-0.4, -0.2) is 31.7 Å². The Labute approximate surface area is 157 Å². The van der Waals surface area contributed by atoms with E-state index in [1.165, 1.54) is 12.7 Å². The van der Waals surface area contributed by atoms with Gasteiger partial charge in [0.15, 0.2) is 6.33 Å². The number of nitrogens with zero attached hydrogens (tertiary/aromatic N) is 4. The summed E-state index contributed by atoms with van der Waals surface area (Å²) >= 11 is 6.11. The summed E-state index contributed by atoms with van der Waals surface area (Å²) in [4.78, 5) is 14.8. The van der Waals surface area contributed by atoms with Crippen molar-refractivity contribution in [3.05, 3.63) is 40.7 Å². The number of aromatic nitrogens is 4. The molecule has 4 bridgehead atoms. The summed E-state index contributed by atoms with van der Waals surface area (Å²) in [7, 11) is 0. The Bertz CT molecular complexity index is 851. The van der Waals surface area contributed by atoms with Crippen molar-refractivity contribution >= 4 is 17.5 Å². The maximum Gasteiger partial charge on any atom is 0.251 e. The van der Waals surface area contributed by atoms with Gasteiger partial charge in [0.1, 0.15) is 0 Å². The van der Waals surface area contributed by atoms with Gasteiger partial charge in [-0.3, -0.25) is 4.79 Å². The quantitative estimate of drug-likeness (QED) is 0.899. The molecule has 136 valence electrons. The van der Waals surface area contributed by atoms with E-state index in [-0.39, 0.29) is 17.0 Å². The van der Waals surface area contributed by atoms with Gasteiger partial charge < -0.3 is 5.32 Å². The van der Waals surface area contributed by atoms with Crippen molar-refractivity contribution < 1.29 is 4.79 Å². The fraction of sp³-hybridized carbons (Fsp3) is 0.579. The molecule has 0 radical (unpaired) electrons. The summed E-state index contributed by atoms with van der Waals surface area (Å²) in [6, 6.07) is 5.47. The van der Waals surface area contributed by atoms with Crippen molar-refractivity contribution in [3.63, 3.8) is 0 Å². The maximum absolute atomic E-state index is 13.0. The molecule has 2 unspecified atom stereocenters. The van der Waals surface area contributed by atoms with E-state index in [1.807, 2.05) is 17.8 Å². The second kappa shape index (κ2) is 5.52. The number of amides is 1. The molecule has 2 atom stereocenters. The van der Waals surface area contributed by atoms with E-state index in [0.717, 1.165) is 37.7 Å². The Kier molecular flexibility index (Phi) is 3.45. The highest BCUT2D eigenvalue weighted by Gasteiger charge is 2.60. The van der Waals surface area contributed by atoms with Gasteiger partial charge in [0.2, 0.25) is 0 Å². The Morgan fingerprint density at radius 3 is 2.69 bits per heavy atom. The van der Waals surface area contributed by atoms with Gasteiger partial charge in [-0.1, -0.05) is 11.6 Å². The summed E-state index contributed by atoms with van der Waals surface area (Å²) < 4.78 is 0. The molecule has 1 heterocycles. The summed E-state index contributed by atoms with van der Waals surface area (Å²) in [5.41, 5.74) is 1.34. The van der Waals surface area contributed by atoms with E-state index in [1.54, 1.807) is 12.1 Å². The number of carbonyl (C=O) groups is 1. The van der Waals surface area contributed by atoms with Crippen molar-refractivity contribution in [3.8, 4) is 0 Å². The van der Waals surface area contributed by atoms with Crippen LogP contribution in [0.4, 0.5) is 0 Å². The number of halogens is 1. The van der Waals surface area contributed by atoms with Crippen LogP contribution in [0.1, 0.15) is 54.4 Å². The lowest BCUT2D eigenvalue weighted by atomic mass is 9.50. The Morgan fingerprint density at radius 2 is 2.04 bits per heavy atom. The minimum absolute atomic E-state index is 0.00610. The zero-order valence-electron chi connectivity index (χ0n) is 14.8. The molecule has 0 saturated heterocycles. The number of hydrogen-bond acceptors (Lipinski definition) is 4. The third-order valence-corrected chi connectivity index (χ3v) is 7.03. The SMILES string of the molecule is Cc1cc(C(=O)NC23CC4CC(C2)CC(n2ncnn2)(C4)C3)ccc1Cl. The molecule has 0 aliphatic heterocycles. The molecular formula is C19H22ClN5O. The van der Waals surface area contributed by atoms with Gasteiger partial charge in [0, 0.05) is 16.1 Å². The van der Waals surface area contributed by atoms with Gasteiger partial charge in [-0.25, -0.2) is 0 Å². The molecule has 1 aromatic carbocycles. The minimum atomic E-state index is -0.164. The van der Waals surface area contributed by atoms with Crippen molar-refractivity contribution in [2.75, 3.05) is 0 Å². The fourth-order valence-corrected chi connectivity index (χ4v) is 6.20.